The zero-order chi connectivity index (χ0) is 26.8. The zero-order valence-corrected chi connectivity index (χ0v) is 22.6. The molecule has 3 aromatic rings. The number of hydrogen-bond acceptors (Lipinski definition) is 3. The molecule has 6 nitrogen and oxygen atoms in total. The van der Waals surface area contributed by atoms with Gasteiger partial charge in [-0.05, 0) is 48.1 Å². The van der Waals surface area contributed by atoms with Crippen molar-refractivity contribution < 1.29 is 14.4 Å². The van der Waals surface area contributed by atoms with Crippen LogP contribution in [0.15, 0.2) is 54.1 Å². The lowest BCUT2D eigenvalue weighted by Crippen LogP contribution is -2.53. The van der Waals surface area contributed by atoms with Crippen LogP contribution in [0.3, 0.4) is 0 Å². The Balaban J connectivity index is 1.14. The number of aryl methyl sites for hydroxylation is 1. The van der Waals surface area contributed by atoms with E-state index in [1.165, 1.54) is 11.1 Å². The number of benzene rings is 2. The average molecular weight is 510 g/mol. The lowest BCUT2D eigenvalue weighted by atomic mass is 9.76. The van der Waals surface area contributed by atoms with Crippen molar-refractivity contribution in [3.8, 4) is 0 Å². The Bertz CT molecular complexity index is 1460. The molecule has 196 valence electrons. The van der Waals surface area contributed by atoms with Crippen LogP contribution in [0.1, 0.15) is 60.8 Å². The van der Waals surface area contributed by atoms with Crippen molar-refractivity contribution in [3.63, 3.8) is 0 Å². The smallest absolute Gasteiger partial charge is 0.250 e. The van der Waals surface area contributed by atoms with Gasteiger partial charge in [0.2, 0.25) is 5.91 Å². The molecule has 3 heterocycles. The van der Waals surface area contributed by atoms with E-state index in [0.717, 1.165) is 28.5 Å². The second-order valence-electron chi connectivity index (χ2n) is 12.4. The van der Waals surface area contributed by atoms with Gasteiger partial charge in [0.05, 0.1) is 23.7 Å². The van der Waals surface area contributed by atoms with E-state index in [-0.39, 0.29) is 41.5 Å². The molecule has 38 heavy (non-hydrogen) atoms. The number of aromatic nitrogens is 1. The molecule has 2 saturated heterocycles. The highest BCUT2D eigenvalue weighted by molar-refractivity contribution is 6.02. The number of likely N-dealkylation sites (tertiary alicyclic amines) is 2. The summed E-state index contributed by atoms with van der Waals surface area (Å²) in [6.07, 6.45) is 3.68. The summed E-state index contributed by atoms with van der Waals surface area (Å²) in [4.78, 5) is 47.8. The SMILES string of the molecule is Cc1ccc2c(c1)C=C(C(=O)N1C[C@@H]3C[C@H]1CN3C(=O)[C@@H](CC(=O)c1cc3ccccc3[nH]1)C(C)(C)C)C2. The Morgan fingerprint density at radius 1 is 1.00 bits per heavy atom. The van der Waals surface area contributed by atoms with Gasteiger partial charge in [0, 0.05) is 42.4 Å². The van der Waals surface area contributed by atoms with Crippen molar-refractivity contribution in [2.24, 2.45) is 11.3 Å². The maximum atomic E-state index is 13.9. The molecule has 6 rings (SSSR count). The second-order valence-corrected chi connectivity index (χ2v) is 12.4. The van der Waals surface area contributed by atoms with Crippen molar-refractivity contribution in [1.29, 1.82) is 0 Å². The number of aromatic amines is 1. The minimum atomic E-state index is -0.430. The minimum Gasteiger partial charge on any atom is -0.352 e. The number of nitrogens with one attached hydrogen (secondary N) is 1. The number of rotatable bonds is 5. The van der Waals surface area contributed by atoms with Crippen molar-refractivity contribution in [1.82, 2.24) is 14.8 Å². The largest absolute Gasteiger partial charge is 0.352 e. The molecule has 2 amide bonds. The van der Waals surface area contributed by atoms with Gasteiger partial charge in [-0.15, -0.1) is 0 Å². The molecule has 0 saturated carbocycles. The first-order valence-corrected chi connectivity index (χ1v) is 13.6. The van der Waals surface area contributed by atoms with Gasteiger partial charge < -0.3 is 14.8 Å². The van der Waals surface area contributed by atoms with Crippen LogP contribution < -0.4 is 0 Å². The summed E-state index contributed by atoms with van der Waals surface area (Å²) in [6, 6.07) is 16.1. The van der Waals surface area contributed by atoms with E-state index in [1.807, 2.05) is 67.0 Å². The Morgan fingerprint density at radius 2 is 1.74 bits per heavy atom. The van der Waals surface area contributed by atoms with Gasteiger partial charge >= 0.3 is 0 Å². The van der Waals surface area contributed by atoms with Crippen molar-refractivity contribution in [2.45, 2.75) is 59.0 Å². The molecular formula is C32H35N3O3. The van der Waals surface area contributed by atoms with Crippen LogP contribution in [-0.2, 0) is 16.0 Å². The van der Waals surface area contributed by atoms with Crippen LogP contribution in [0.4, 0.5) is 0 Å². The number of para-hydroxylation sites is 1. The first-order chi connectivity index (χ1) is 18.1. The fourth-order valence-corrected chi connectivity index (χ4v) is 6.44. The molecule has 1 N–H and O–H groups in total. The summed E-state index contributed by atoms with van der Waals surface area (Å²) in [5.74, 6) is -0.344. The maximum Gasteiger partial charge on any atom is 0.250 e. The minimum absolute atomic E-state index is 0.0103. The highest BCUT2D eigenvalue weighted by Crippen LogP contribution is 2.39. The zero-order valence-electron chi connectivity index (χ0n) is 22.6. The van der Waals surface area contributed by atoms with Gasteiger partial charge in [0.25, 0.3) is 5.91 Å². The fourth-order valence-electron chi connectivity index (χ4n) is 6.44. The lowest BCUT2D eigenvalue weighted by molar-refractivity contribution is -0.144. The molecule has 3 aliphatic rings. The number of carbonyl (C=O) groups excluding carboxylic acids is 3. The van der Waals surface area contributed by atoms with Crippen LogP contribution in [-0.4, -0.2) is 57.6 Å². The van der Waals surface area contributed by atoms with Crippen LogP contribution >= 0.6 is 0 Å². The van der Waals surface area contributed by atoms with Crippen LogP contribution in [0.2, 0.25) is 0 Å². The average Bonchev–Trinajstić information content (AvgIpc) is 3.66. The summed E-state index contributed by atoms with van der Waals surface area (Å²) in [5, 5.41) is 0.992. The number of carbonyl (C=O) groups is 3. The third-order valence-corrected chi connectivity index (χ3v) is 8.63. The van der Waals surface area contributed by atoms with E-state index in [1.54, 1.807) is 0 Å². The lowest BCUT2D eigenvalue weighted by Gasteiger charge is -2.39. The molecule has 0 spiro atoms. The van der Waals surface area contributed by atoms with Crippen LogP contribution in [0, 0.1) is 18.3 Å². The van der Waals surface area contributed by atoms with Gasteiger partial charge in [-0.2, -0.15) is 0 Å². The standard InChI is InChI=1S/C32H35N3O3/c1-19-9-10-20-12-23(13-22(20)11-19)30(37)34-17-25-15-24(34)18-35(25)31(38)26(32(2,3)4)16-29(36)28-14-21-7-5-6-8-27(21)33-28/h5-11,13-14,24-26,33H,12,15-18H2,1-4H3/t24-,25-,26+/m0/s1. The Hall–Kier alpha value is -3.67. The summed E-state index contributed by atoms with van der Waals surface area (Å²) < 4.78 is 0. The van der Waals surface area contributed by atoms with Crippen molar-refractivity contribution in [2.75, 3.05) is 13.1 Å². The molecule has 1 aromatic heterocycles. The third-order valence-electron chi connectivity index (χ3n) is 8.63. The predicted molar refractivity (Wildman–Crippen MR) is 149 cm³/mol. The molecule has 6 heteroatoms. The molecule has 2 aliphatic heterocycles. The van der Waals surface area contributed by atoms with E-state index in [4.69, 9.17) is 0 Å². The van der Waals surface area contributed by atoms with E-state index < -0.39 is 5.92 Å². The van der Waals surface area contributed by atoms with E-state index in [2.05, 4.69) is 30.1 Å². The molecule has 0 unspecified atom stereocenters. The highest BCUT2D eigenvalue weighted by atomic mass is 16.2. The molecule has 0 radical (unpaired) electrons. The number of piperazine rings is 1. The summed E-state index contributed by atoms with van der Waals surface area (Å²) in [5.41, 5.74) is 5.48. The number of H-pyrrole nitrogens is 1. The predicted octanol–water partition coefficient (Wildman–Crippen LogP) is 5.16. The van der Waals surface area contributed by atoms with E-state index in [9.17, 15) is 14.4 Å². The monoisotopic (exact) mass is 509 g/mol. The number of Topliss-reactive ketones (excluding diaryl/α,β-unsaturated/α-hetero) is 1. The fraction of sp³-hybridized carbons (Fsp3) is 0.406. The molecule has 3 atom stereocenters. The quantitative estimate of drug-likeness (QED) is 0.483. The Labute approximate surface area is 223 Å². The summed E-state index contributed by atoms with van der Waals surface area (Å²) >= 11 is 0. The van der Waals surface area contributed by atoms with Crippen molar-refractivity contribution >= 4 is 34.6 Å². The first kappa shape index (κ1) is 24.7. The summed E-state index contributed by atoms with van der Waals surface area (Å²) in [7, 11) is 0. The van der Waals surface area contributed by atoms with Gasteiger partial charge in [0.1, 0.15) is 0 Å². The Morgan fingerprint density at radius 3 is 2.45 bits per heavy atom. The van der Waals surface area contributed by atoms with Gasteiger partial charge in [-0.25, -0.2) is 0 Å². The molecule has 2 fully saturated rings. The van der Waals surface area contributed by atoms with Gasteiger partial charge in [0.15, 0.2) is 5.78 Å². The highest BCUT2D eigenvalue weighted by Gasteiger charge is 2.50. The van der Waals surface area contributed by atoms with Crippen LogP contribution in [0.5, 0.6) is 0 Å². The Kier molecular flexibility index (Phi) is 5.82. The molecule has 2 bridgehead atoms. The molecular weight excluding hydrogens is 474 g/mol. The number of ketones is 1. The molecule has 2 aromatic carbocycles. The van der Waals surface area contributed by atoms with Gasteiger partial charge in [-0.1, -0.05) is 62.7 Å². The number of hydrogen-bond donors (Lipinski definition) is 1. The van der Waals surface area contributed by atoms with E-state index >= 15 is 0 Å². The second kappa shape index (κ2) is 8.97. The first-order valence-electron chi connectivity index (χ1n) is 13.6. The van der Waals surface area contributed by atoms with E-state index in [0.29, 0.717) is 25.2 Å². The number of fused-ring (bicyclic) bond motifs is 4. The third kappa shape index (κ3) is 4.26. The molecule has 1 aliphatic carbocycles. The van der Waals surface area contributed by atoms with Crippen molar-refractivity contribution in [3.05, 3.63) is 76.5 Å². The normalized spacial score (nSPS) is 21.1. The maximum absolute atomic E-state index is 13.9. The number of nitrogens with zero attached hydrogens (tertiary/aromatic N) is 2. The van der Waals surface area contributed by atoms with Gasteiger partial charge in [-0.3, -0.25) is 14.4 Å². The topological polar surface area (TPSA) is 73.5 Å². The summed E-state index contributed by atoms with van der Waals surface area (Å²) in [6.45, 7) is 9.27. The number of amides is 2. The van der Waals surface area contributed by atoms with Crippen LogP contribution in [0.25, 0.3) is 17.0 Å².